The molecule has 3 heterocycles. The number of ether oxygens (including phenoxy) is 5. The SMILES string of the molecule is CC1=C2[C@H]3OC(C)(C)O[C@@H]3[C@]3(C)CC[C@H]4OC[C@@]4(O)[C@H]3[C@@H]3OC(c4ccccc4)O[C@@]3(CC1=O)C2(C)C. The van der Waals surface area contributed by atoms with E-state index in [1.807, 2.05) is 51.1 Å². The zero-order valence-electron chi connectivity index (χ0n) is 22.6. The molecule has 37 heavy (non-hydrogen) atoms. The second-order valence-corrected chi connectivity index (χ2v) is 13.4. The number of aliphatic hydroxyl groups is 1. The highest BCUT2D eigenvalue weighted by Crippen LogP contribution is 2.69. The number of ketones is 1. The number of hydrogen-bond acceptors (Lipinski definition) is 7. The maximum atomic E-state index is 13.8. The molecule has 3 saturated heterocycles. The van der Waals surface area contributed by atoms with Crippen LogP contribution in [0, 0.1) is 16.7 Å². The van der Waals surface area contributed by atoms with Gasteiger partial charge >= 0.3 is 0 Å². The second kappa shape index (κ2) is 7.32. The molecule has 200 valence electrons. The highest BCUT2D eigenvalue weighted by molar-refractivity contribution is 5.98. The normalized spacial score (nSPS) is 49.2. The summed E-state index contributed by atoms with van der Waals surface area (Å²) in [4.78, 5) is 13.8. The van der Waals surface area contributed by atoms with Gasteiger partial charge in [0, 0.05) is 28.7 Å². The first-order valence-electron chi connectivity index (χ1n) is 13.7. The molecule has 7 nitrogen and oxygen atoms in total. The van der Waals surface area contributed by atoms with Crippen molar-refractivity contribution in [2.75, 3.05) is 6.61 Å². The predicted molar refractivity (Wildman–Crippen MR) is 133 cm³/mol. The van der Waals surface area contributed by atoms with Crippen LogP contribution in [0.5, 0.6) is 0 Å². The standard InChI is InChI=1S/C30H38O7/c1-16-18(31)14-30-24(34-25(37-30)17-10-8-7-9-11-17)22-28(6,13-12-19-29(22,32)15-33-19)23-21(20(16)26(30,2)3)35-27(4,5)36-23/h7-11,19,21-25,32H,12-15H2,1-6H3/t19-,21-,22+,23+,24+,25?,28-,29+,30-/m1/s1. The maximum Gasteiger partial charge on any atom is 0.185 e. The van der Waals surface area contributed by atoms with Gasteiger partial charge in [-0.25, -0.2) is 0 Å². The molecule has 1 unspecified atom stereocenters. The van der Waals surface area contributed by atoms with Crippen molar-refractivity contribution in [2.45, 2.75) is 108 Å². The van der Waals surface area contributed by atoms with Gasteiger partial charge in [-0.3, -0.25) is 4.79 Å². The summed E-state index contributed by atoms with van der Waals surface area (Å²) in [6, 6.07) is 9.89. The fraction of sp³-hybridized carbons (Fsp3) is 0.700. The summed E-state index contributed by atoms with van der Waals surface area (Å²) in [5.41, 5.74) is -0.632. The molecule has 3 aliphatic heterocycles. The van der Waals surface area contributed by atoms with Crippen LogP contribution in [0.4, 0.5) is 0 Å². The number of hydrogen-bond donors (Lipinski definition) is 1. The average Bonchev–Trinajstić information content (AvgIpc) is 3.35. The number of allylic oxidation sites excluding steroid dienone is 1. The number of carbonyl (C=O) groups is 1. The molecule has 2 saturated carbocycles. The first-order valence-corrected chi connectivity index (χ1v) is 13.7. The molecule has 7 rings (SSSR count). The van der Waals surface area contributed by atoms with Gasteiger partial charge in [-0.2, -0.15) is 0 Å². The first kappa shape index (κ1) is 24.4. The molecule has 6 aliphatic rings. The van der Waals surface area contributed by atoms with E-state index in [0.717, 1.165) is 29.6 Å². The summed E-state index contributed by atoms with van der Waals surface area (Å²) in [6.07, 6.45) is -0.533. The third kappa shape index (κ3) is 2.91. The lowest BCUT2D eigenvalue weighted by Crippen LogP contribution is -2.77. The fourth-order valence-electron chi connectivity index (χ4n) is 8.83. The smallest absolute Gasteiger partial charge is 0.185 e. The molecule has 1 spiro atoms. The van der Waals surface area contributed by atoms with Crippen LogP contribution < -0.4 is 0 Å². The van der Waals surface area contributed by atoms with Crippen LogP contribution in [0.1, 0.15) is 72.7 Å². The molecule has 2 bridgehead atoms. The van der Waals surface area contributed by atoms with Crippen molar-refractivity contribution in [3.05, 3.63) is 47.0 Å². The van der Waals surface area contributed by atoms with Crippen LogP contribution in [-0.4, -0.2) is 58.9 Å². The van der Waals surface area contributed by atoms with Crippen molar-refractivity contribution in [1.29, 1.82) is 0 Å². The number of carbonyl (C=O) groups excluding carboxylic acids is 1. The van der Waals surface area contributed by atoms with Gasteiger partial charge in [0.25, 0.3) is 0 Å². The van der Waals surface area contributed by atoms with Gasteiger partial charge in [-0.1, -0.05) is 51.1 Å². The van der Waals surface area contributed by atoms with E-state index in [-0.39, 0.29) is 36.9 Å². The molecular weight excluding hydrogens is 472 g/mol. The summed E-state index contributed by atoms with van der Waals surface area (Å²) in [5, 5.41) is 12.3. The average molecular weight is 511 g/mol. The van der Waals surface area contributed by atoms with Crippen molar-refractivity contribution >= 4 is 5.78 Å². The Bertz CT molecular complexity index is 1190. The van der Waals surface area contributed by atoms with Crippen LogP contribution in [0.3, 0.4) is 0 Å². The van der Waals surface area contributed by atoms with Crippen LogP contribution in [0.15, 0.2) is 41.5 Å². The Morgan fingerprint density at radius 3 is 2.38 bits per heavy atom. The summed E-state index contributed by atoms with van der Waals surface area (Å²) < 4.78 is 33.2. The van der Waals surface area contributed by atoms with E-state index < -0.39 is 46.3 Å². The second-order valence-electron chi connectivity index (χ2n) is 13.4. The summed E-state index contributed by atoms with van der Waals surface area (Å²) in [7, 11) is 0. The molecule has 1 aromatic rings. The minimum Gasteiger partial charge on any atom is -0.384 e. The van der Waals surface area contributed by atoms with Crippen molar-refractivity contribution in [3.8, 4) is 0 Å². The highest BCUT2D eigenvalue weighted by atomic mass is 16.8. The molecule has 3 aliphatic carbocycles. The first-order chi connectivity index (χ1) is 17.3. The van der Waals surface area contributed by atoms with Gasteiger partial charge in [0.15, 0.2) is 17.9 Å². The molecule has 5 fully saturated rings. The Morgan fingerprint density at radius 2 is 1.70 bits per heavy atom. The van der Waals surface area contributed by atoms with Crippen molar-refractivity contribution in [1.82, 2.24) is 0 Å². The van der Waals surface area contributed by atoms with Crippen molar-refractivity contribution < 1.29 is 33.6 Å². The molecule has 1 aromatic carbocycles. The van der Waals surface area contributed by atoms with Gasteiger partial charge in [0.1, 0.15) is 17.3 Å². The molecule has 1 N–H and O–H groups in total. The van der Waals surface area contributed by atoms with Crippen molar-refractivity contribution in [2.24, 2.45) is 16.7 Å². The monoisotopic (exact) mass is 510 g/mol. The minimum absolute atomic E-state index is 0.0384. The Morgan fingerprint density at radius 1 is 0.973 bits per heavy atom. The largest absolute Gasteiger partial charge is 0.384 e. The van der Waals surface area contributed by atoms with E-state index in [4.69, 9.17) is 23.7 Å². The summed E-state index contributed by atoms with van der Waals surface area (Å²) >= 11 is 0. The minimum atomic E-state index is -1.10. The van der Waals surface area contributed by atoms with E-state index in [1.54, 1.807) is 0 Å². The third-order valence-electron chi connectivity index (χ3n) is 10.7. The lowest BCUT2D eigenvalue weighted by molar-refractivity contribution is -0.333. The Balaban J connectivity index is 1.50. The number of rotatable bonds is 1. The van der Waals surface area contributed by atoms with Gasteiger partial charge in [-0.15, -0.1) is 0 Å². The van der Waals surface area contributed by atoms with Crippen molar-refractivity contribution in [3.63, 3.8) is 0 Å². The zero-order valence-corrected chi connectivity index (χ0v) is 22.6. The quantitative estimate of drug-likeness (QED) is 0.605. The lowest BCUT2D eigenvalue weighted by atomic mass is 9.45. The molecule has 0 radical (unpaired) electrons. The lowest BCUT2D eigenvalue weighted by Gasteiger charge is -2.66. The highest BCUT2D eigenvalue weighted by Gasteiger charge is 2.77. The molecule has 0 amide bonds. The van der Waals surface area contributed by atoms with Gasteiger partial charge in [0.2, 0.25) is 0 Å². The molecule has 0 aromatic heterocycles. The van der Waals surface area contributed by atoms with Gasteiger partial charge < -0.3 is 28.8 Å². The Kier molecular flexibility index (Phi) is 4.83. The Labute approximate surface area is 218 Å². The van der Waals surface area contributed by atoms with Crippen LogP contribution >= 0.6 is 0 Å². The van der Waals surface area contributed by atoms with Crippen LogP contribution in [0.25, 0.3) is 0 Å². The number of Topliss-reactive ketones (excluding diaryl/α,β-unsaturated/α-hetero) is 1. The van der Waals surface area contributed by atoms with E-state index in [9.17, 15) is 9.90 Å². The zero-order chi connectivity index (χ0) is 26.2. The summed E-state index contributed by atoms with van der Waals surface area (Å²) in [6.45, 7) is 12.5. The maximum absolute atomic E-state index is 13.8. The van der Waals surface area contributed by atoms with Crippen LogP contribution in [0.2, 0.25) is 0 Å². The van der Waals surface area contributed by atoms with E-state index in [2.05, 4.69) is 20.8 Å². The molecule has 7 heteroatoms. The van der Waals surface area contributed by atoms with E-state index in [1.165, 1.54) is 0 Å². The molecular formula is C30H38O7. The van der Waals surface area contributed by atoms with Gasteiger partial charge in [-0.05, 0) is 44.8 Å². The third-order valence-corrected chi connectivity index (χ3v) is 10.7. The predicted octanol–water partition coefficient (Wildman–Crippen LogP) is 4.23. The topological polar surface area (TPSA) is 83.5 Å². The summed E-state index contributed by atoms with van der Waals surface area (Å²) in [5.74, 6) is -1.17. The molecule has 9 atom stereocenters. The Hall–Kier alpha value is -1.61. The fourth-order valence-corrected chi connectivity index (χ4v) is 8.83. The van der Waals surface area contributed by atoms with E-state index >= 15 is 0 Å². The van der Waals surface area contributed by atoms with Gasteiger partial charge in [0.05, 0.1) is 24.9 Å². The number of fused-ring (bicyclic) bond motifs is 8. The number of benzene rings is 1. The van der Waals surface area contributed by atoms with E-state index in [0.29, 0.717) is 0 Å². The van der Waals surface area contributed by atoms with Crippen LogP contribution in [-0.2, 0) is 28.5 Å².